The van der Waals surface area contributed by atoms with Crippen LogP contribution in [0, 0.1) is 5.92 Å². The fourth-order valence-corrected chi connectivity index (χ4v) is 1.33. The second-order valence-corrected chi connectivity index (χ2v) is 4.49. The van der Waals surface area contributed by atoms with Crippen molar-refractivity contribution in [2.75, 3.05) is 30.9 Å². The van der Waals surface area contributed by atoms with E-state index >= 15 is 0 Å². The molecule has 19 heavy (non-hydrogen) atoms. The summed E-state index contributed by atoms with van der Waals surface area (Å²) >= 11 is 0. The molecule has 108 valence electrons. The molecule has 2 unspecified atom stereocenters. The SMILES string of the molecule is CCCNc1nc(NC(C)C(C)CO)nc(OC)n1. The molecule has 0 amide bonds. The van der Waals surface area contributed by atoms with Crippen LogP contribution in [0.2, 0.25) is 0 Å². The molecule has 0 saturated heterocycles. The monoisotopic (exact) mass is 269 g/mol. The van der Waals surface area contributed by atoms with Crippen LogP contribution in [-0.4, -0.2) is 46.4 Å². The molecule has 2 atom stereocenters. The summed E-state index contributed by atoms with van der Waals surface area (Å²) in [6, 6.07) is 0.316. The molecule has 0 aromatic carbocycles. The molecule has 0 aliphatic carbocycles. The van der Waals surface area contributed by atoms with Gasteiger partial charge in [0.15, 0.2) is 0 Å². The first-order valence-corrected chi connectivity index (χ1v) is 6.52. The van der Waals surface area contributed by atoms with Gasteiger partial charge in [0.25, 0.3) is 0 Å². The van der Waals surface area contributed by atoms with E-state index in [9.17, 15) is 0 Å². The lowest BCUT2D eigenvalue weighted by Crippen LogP contribution is -2.27. The molecule has 1 heterocycles. The summed E-state index contributed by atoms with van der Waals surface area (Å²) in [5.41, 5.74) is 0. The van der Waals surface area contributed by atoms with Crippen LogP contribution in [0.25, 0.3) is 0 Å². The van der Waals surface area contributed by atoms with Crippen LogP contribution in [0.5, 0.6) is 6.01 Å². The molecular formula is C12H23N5O2. The molecule has 0 radical (unpaired) electrons. The van der Waals surface area contributed by atoms with Crippen molar-refractivity contribution < 1.29 is 9.84 Å². The van der Waals surface area contributed by atoms with Gasteiger partial charge in [0, 0.05) is 19.2 Å². The van der Waals surface area contributed by atoms with Crippen molar-refractivity contribution >= 4 is 11.9 Å². The predicted molar refractivity (Wildman–Crippen MR) is 74.5 cm³/mol. The van der Waals surface area contributed by atoms with E-state index in [0.717, 1.165) is 13.0 Å². The highest BCUT2D eigenvalue weighted by atomic mass is 16.5. The molecule has 0 fully saturated rings. The number of rotatable bonds is 8. The quantitative estimate of drug-likeness (QED) is 0.651. The molecule has 7 nitrogen and oxygen atoms in total. The summed E-state index contributed by atoms with van der Waals surface area (Å²) in [6.07, 6.45) is 0.981. The minimum absolute atomic E-state index is 0.0520. The number of aromatic nitrogens is 3. The van der Waals surface area contributed by atoms with Crippen molar-refractivity contribution in [3.05, 3.63) is 0 Å². The predicted octanol–water partition coefficient (Wildman–Crippen LogP) is 1.13. The normalized spacial score (nSPS) is 13.7. The van der Waals surface area contributed by atoms with Crippen LogP contribution < -0.4 is 15.4 Å². The lowest BCUT2D eigenvalue weighted by atomic mass is 10.1. The summed E-state index contributed by atoms with van der Waals surface area (Å²) < 4.78 is 5.05. The number of hydrogen-bond donors (Lipinski definition) is 3. The minimum atomic E-state index is 0.0520. The van der Waals surface area contributed by atoms with Gasteiger partial charge in [0.05, 0.1) is 7.11 Å². The second kappa shape index (κ2) is 7.73. The Morgan fingerprint density at radius 1 is 1.21 bits per heavy atom. The Morgan fingerprint density at radius 2 is 1.89 bits per heavy atom. The number of methoxy groups -OCH3 is 1. The zero-order chi connectivity index (χ0) is 14.3. The van der Waals surface area contributed by atoms with E-state index in [-0.39, 0.29) is 24.6 Å². The molecule has 3 N–H and O–H groups in total. The summed E-state index contributed by atoms with van der Waals surface area (Å²) in [7, 11) is 1.52. The smallest absolute Gasteiger partial charge is 0.322 e. The topological polar surface area (TPSA) is 92.2 Å². The molecule has 0 spiro atoms. The highest BCUT2D eigenvalue weighted by Crippen LogP contribution is 2.13. The number of aliphatic hydroxyl groups is 1. The molecule has 0 aliphatic heterocycles. The standard InChI is InChI=1S/C12H23N5O2/c1-5-6-13-10-15-11(17-12(16-10)19-4)14-9(3)8(2)7-18/h8-9,18H,5-7H2,1-4H3,(H2,13,14,15,16,17). The van der Waals surface area contributed by atoms with Gasteiger partial charge in [0.2, 0.25) is 11.9 Å². The highest BCUT2D eigenvalue weighted by molar-refractivity contribution is 5.36. The van der Waals surface area contributed by atoms with Gasteiger partial charge in [-0.2, -0.15) is 15.0 Å². The first kappa shape index (κ1) is 15.4. The van der Waals surface area contributed by atoms with E-state index in [2.05, 4.69) is 32.5 Å². The number of hydrogen-bond acceptors (Lipinski definition) is 7. The maximum absolute atomic E-state index is 9.12. The third-order valence-electron chi connectivity index (χ3n) is 2.83. The molecule has 1 aromatic heterocycles. The van der Waals surface area contributed by atoms with Crippen molar-refractivity contribution in [2.45, 2.75) is 33.2 Å². The zero-order valence-corrected chi connectivity index (χ0v) is 12.0. The van der Waals surface area contributed by atoms with E-state index in [1.165, 1.54) is 7.11 Å². The van der Waals surface area contributed by atoms with Crippen LogP contribution in [0.3, 0.4) is 0 Å². The second-order valence-electron chi connectivity index (χ2n) is 4.49. The average molecular weight is 269 g/mol. The zero-order valence-electron chi connectivity index (χ0n) is 12.0. The Kier molecular flexibility index (Phi) is 6.27. The third-order valence-corrected chi connectivity index (χ3v) is 2.83. The number of anilines is 2. The van der Waals surface area contributed by atoms with Crippen LogP contribution in [-0.2, 0) is 0 Å². The van der Waals surface area contributed by atoms with E-state index < -0.39 is 0 Å². The van der Waals surface area contributed by atoms with Crippen LogP contribution in [0.1, 0.15) is 27.2 Å². The number of aliphatic hydroxyl groups excluding tert-OH is 1. The number of ether oxygens (including phenoxy) is 1. The molecule has 0 saturated carbocycles. The van der Waals surface area contributed by atoms with Crippen molar-refractivity contribution in [1.29, 1.82) is 0 Å². The van der Waals surface area contributed by atoms with Crippen molar-refractivity contribution in [3.63, 3.8) is 0 Å². The molecule has 1 rings (SSSR count). The lowest BCUT2D eigenvalue weighted by Gasteiger charge is -2.19. The largest absolute Gasteiger partial charge is 0.467 e. The van der Waals surface area contributed by atoms with Crippen molar-refractivity contribution in [1.82, 2.24) is 15.0 Å². The van der Waals surface area contributed by atoms with Gasteiger partial charge in [-0.05, 0) is 19.3 Å². The average Bonchev–Trinajstić information content (AvgIpc) is 2.43. The van der Waals surface area contributed by atoms with Crippen molar-refractivity contribution in [3.8, 4) is 6.01 Å². The third kappa shape index (κ3) is 4.86. The number of nitrogens with one attached hydrogen (secondary N) is 2. The molecule has 1 aromatic rings. The lowest BCUT2D eigenvalue weighted by molar-refractivity contribution is 0.226. The van der Waals surface area contributed by atoms with Gasteiger partial charge in [-0.15, -0.1) is 0 Å². The first-order chi connectivity index (χ1) is 9.10. The molecule has 0 bridgehead atoms. The molecule has 7 heteroatoms. The Morgan fingerprint density at radius 3 is 2.47 bits per heavy atom. The van der Waals surface area contributed by atoms with Gasteiger partial charge in [-0.25, -0.2) is 0 Å². The Hall–Kier alpha value is -1.63. The van der Waals surface area contributed by atoms with Crippen LogP contribution >= 0.6 is 0 Å². The Balaban J connectivity index is 2.81. The van der Waals surface area contributed by atoms with Gasteiger partial charge >= 0.3 is 6.01 Å². The summed E-state index contributed by atoms with van der Waals surface area (Å²) in [5.74, 6) is 1.04. The van der Waals surface area contributed by atoms with Crippen molar-refractivity contribution in [2.24, 2.45) is 5.92 Å². The molecule has 0 aliphatic rings. The van der Waals surface area contributed by atoms with E-state index in [1.807, 2.05) is 13.8 Å². The summed E-state index contributed by atoms with van der Waals surface area (Å²) in [5, 5.41) is 15.4. The van der Waals surface area contributed by atoms with Gasteiger partial charge < -0.3 is 20.5 Å². The van der Waals surface area contributed by atoms with Gasteiger partial charge in [0.1, 0.15) is 0 Å². The highest BCUT2D eigenvalue weighted by Gasteiger charge is 2.14. The van der Waals surface area contributed by atoms with Crippen LogP contribution in [0.15, 0.2) is 0 Å². The Bertz CT molecular complexity index is 388. The maximum atomic E-state index is 9.12. The Labute approximate surface area is 113 Å². The summed E-state index contributed by atoms with van der Waals surface area (Å²) in [4.78, 5) is 12.5. The van der Waals surface area contributed by atoms with E-state index in [0.29, 0.717) is 11.9 Å². The minimum Gasteiger partial charge on any atom is -0.467 e. The van der Waals surface area contributed by atoms with E-state index in [1.54, 1.807) is 0 Å². The first-order valence-electron chi connectivity index (χ1n) is 6.52. The van der Waals surface area contributed by atoms with Gasteiger partial charge in [-0.3, -0.25) is 0 Å². The van der Waals surface area contributed by atoms with Crippen LogP contribution in [0.4, 0.5) is 11.9 Å². The van der Waals surface area contributed by atoms with Gasteiger partial charge in [-0.1, -0.05) is 13.8 Å². The van der Waals surface area contributed by atoms with E-state index in [4.69, 9.17) is 9.84 Å². The fraction of sp³-hybridized carbons (Fsp3) is 0.750. The maximum Gasteiger partial charge on any atom is 0.322 e. The number of nitrogens with zero attached hydrogens (tertiary/aromatic N) is 3. The molecular weight excluding hydrogens is 246 g/mol. The fourth-order valence-electron chi connectivity index (χ4n) is 1.33. The summed E-state index contributed by atoms with van der Waals surface area (Å²) in [6.45, 7) is 6.88.